The Morgan fingerprint density at radius 2 is 1.91 bits per heavy atom. The molecular formula is C23H27N5O4S2. The number of nitrogens with zero attached hydrogens (tertiary/aromatic N) is 4. The van der Waals surface area contributed by atoms with Crippen LogP contribution in [-0.2, 0) is 14.8 Å². The lowest BCUT2D eigenvalue weighted by atomic mass is 9.85. The highest BCUT2D eigenvalue weighted by Gasteiger charge is 2.34. The van der Waals surface area contributed by atoms with Gasteiger partial charge in [0.05, 0.1) is 9.77 Å². The van der Waals surface area contributed by atoms with Crippen LogP contribution in [0, 0.1) is 19.8 Å². The molecule has 5 rings (SSSR count). The Kier molecular flexibility index (Phi) is 6.26. The third-order valence-electron chi connectivity index (χ3n) is 6.57. The molecule has 1 saturated heterocycles. The molecule has 34 heavy (non-hydrogen) atoms. The Morgan fingerprint density at radius 3 is 2.59 bits per heavy atom. The molecule has 1 aliphatic heterocycles. The van der Waals surface area contributed by atoms with Crippen molar-refractivity contribution in [1.29, 1.82) is 0 Å². The first-order valence-electron chi connectivity index (χ1n) is 11.5. The molecule has 0 spiro atoms. The normalized spacial score (nSPS) is 18.1. The summed E-state index contributed by atoms with van der Waals surface area (Å²) in [7, 11) is -3.68. The molecule has 4 heterocycles. The number of hydrogen-bond acceptors (Lipinski definition) is 8. The number of nitrogens with one attached hydrogen (secondary N) is 1. The zero-order valence-electron chi connectivity index (χ0n) is 19.2. The van der Waals surface area contributed by atoms with Gasteiger partial charge in [0.1, 0.15) is 5.82 Å². The van der Waals surface area contributed by atoms with Crippen molar-refractivity contribution >= 4 is 33.1 Å². The number of amides is 1. The molecule has 0 bridgehead atoms. The van der Waals surface area contributed by atoms with Gasteiger partial charge in [0.15, 0.2) is 0 Å². The van der Waals surface area contributed by atoms with Gasteiger partial charge >= 0.3 is 0 Å². The van der Waals surface area contributed by atoms with Crippen LogP contribution in [0.1, 0.15) is 54.5 Å². The molecule has 180 valence electrons. The quantitative estimate of drug-likeness (QED) is 0.540. The van der Waals surface area contributed by atoms with E-state index in [0.717, 1.165) is 18.5 Å². The van der Waals surface area contributed by atoms with Crippen molar-refractivity contribution in [2.75, 3.05) is 18.4 Å². The molecule has 3 aromatic rings. The van der Waals surface area contributed by atoms with Gasteiger partial charge in [-0.3, -0.25) is 4.79 Å². The van der Waals surface area contributed by atoms with Crippen molar-refractivity contribution in [2.45, 2.75) is 56.8 Å². The second-order valence-corrected chi connectivity index (χ2v) is 12.1. The summed E-state index contributed by atoms with van der Waals surface area (Å²) >= 11 is 1.35. The predicted molar refractivity (Wildman–Crippen MR) is 128 cm³/mol. The van der Waals surface area contributed by atoms with E-state index in [1.807, 2.05) is 19.1 Å². The Bertz CT molecular complexity index is 1300. The average molecular weight is 502 g/mol. The summed E-state index contributed by atoms with van der Waals surface area (Å²) in [5.74, 6) is 1.55. The smallest absolute Gasteiger partial charge is 0.244 e. The highest BCUT2D eigenvalue weighted by Crippen LogP contribution is 2.38. The van der Waals surface area contributed by atoms with Gasteiger partial charge in [-0.1, -0.05) is 17.6 Å². The summed E-state index contributed by atoms with van der Waals surface area (Å²) in [5.41, 5.74) is 0.823. The van der Waals surface area contributed by atoms with Gasteiger partial charge < -0.3 is 9.84 Å². The van der Waals surface area contributed by atoms with Crippen LogP contribution in [0.15, 0.2) is 33.7 Å². The summed E-state index contributed by atoms with van der Waals surface area (Å²) in [6, 6.07) is 7.10. The van der Waals surface area contributed by atoms with E-state index in [4.69, 9.17) is 4.52 Å². The van der Waals surface area contributed by atoms with Gasteiger partial charge in [-0.2, -0.15) is 9.29 Å². The molecule has 0 radical (unpaired) electrons. The minimum atomic E-state index is -3.68. The Balaban J connectivity index is 1.25. The van der Waals surface area contributed by atoms with Crippen LogP contribution in [0.3, 0.4) is 0 Å². The lowest BCUT2D eigenvalue weighted by Gasteiger charge is -2.30. The van der Waals surface area contributed by atoms with Crippen LogP contribution < -0.4 is 5.32 Å². The minimum absolute atomic E-state index is 0.122. The molecule has 1 saturated carbocycles. The maximum Gasteiger partial charge on any atom is 0.244 e. The second kappa shape index (κ2) is 9.20. The first kappa shape index (κ1) is 23.1. The Labute approximate surface area is 202 Å². The number of hydrogen-bond donors (Lipinski definition) is 1. The summed E-state index contributed by atoms with van der Waals surface area (Å²) in [6.45, 7) is 4.24. The lowest BCUT2D eigenvalue weighted by molar-refractivity contribution is -0.120. The third-order valence-corrected chi connectivity index (χ3v) is 9.77. The van der Waals surface area contributed by atoms with E-state index in [0.29, 0.717) is 59.1 Å². The highest BCUT2D eigenvalue weighted by molar-refractivity contribution is 7.89. The van der Waals surface area contributed by atoms with E-state index in [-0.39, 0.29) is 16.7 Å². The first-order chi connectivity index (χ1) is 16.3. The van der Waals surface area contributed by atoms with Crippen molar-refractivity contribution < 1.29 is 17.7 Å². The lowest BCUT2D eigenvalue weighted by Crippen LogP contribution is -2.41. The van der Waals surface area contributed by atoms with Crippen molar-refractivity contribution in [3.05, 3.63) is 40.7 Å². The monoisotopic (exact) mass is 501 g/mol. The van der Waals surface area contributed by atoms with E-state index >= 15 is 0 Å². The van der Waals surface area contributed by atoms with Crippen LogP contribution in [0.4, 0.5) is 5.82 Å². The van der Waals surface area contributed by atoms with E-state index in [9.17, 15) is 13.2 Å². The van der Waals surface area contributed by atoms with Crippen LogP contribution in [-0.4, -0.2) is 46.8 Å². The van der Waals surface area contributed by atoms with Gasteiger partial charge in [0, 0.05) is 35.5 Å². The summed E-state index contributed by atoms with van der Waals surface area (Å²) < 4.78 is 33.6. The van der Waals surface area contributed by atoms with E-state index < -0.39 is 10.0 Å². The predicted octanol–water partition coefficient (Wildman–Crippen LogP) is 4.12. The fraction of sp³-hybridized carbons (Fsp3) is 0.478. The highest BCUT2D eigenvalue weighted by atomic mass is 32.2. The Morgan fingerprint density at radius 1 is 1.15 bits per heavy atom. The molecule has 3 aromatic heterocycles. The number of anilines is 1. The molecule has 2 aliphatic rings. The maximum absolute atomic E-state index is 13.4. The number of thiophene rings is 1. The number of pyridine rings is 1. The standard InChI is InChI=1S/C23H27N5O4S2/c1-14-5-3-8-20(24-14)25-22(29)16-9-11-28(12-10-16)34(30,31)19-13-18(33-15(19)2)21-26-23(32-27-21)17-6-4-7-17/h3,5,8,13,16-17H,4,6-7,9-12H2,1-2H3,(H,24,25,29). The number of carbonyl (C=O) groups excluding carboxylic acids is 1. The zero-order valence-corrected chi connectivity index (χ0v) is 20.8. The Hall–Kier alpha value is -2.63. The van der Waals surface area contributed by atoms with Gasteiger partial charge in [-0.05, 0) is 57.7 Å². The molecule has 11 heteroatoms. The van der Waals surface area contributed by atoms with E-state index in [1.54, 1.807) is 19.1 Å². The van der Waals surface area contributed by atoms with Crippen LogP contribution in [0.2, 0.25) is 0 Å². The number of piperidine rings is 1. The van der Waals surface area contributed by atoms with Crippen LogP contribution in [0.25, 0.3) is 10.7 Å². The molecule has 0 atom stereocenters. The number of rotatable bonds is 6. The molecule has 9 nitrogen and oxygen atoms in total. The van der Waals surface area contributed by atoms with Crippen molar-refractivity contribution in [1.82, 2.24) is 19.4 Å². The second-order valence-electron chi connectivity index (χ2n) is 8.95. The van der Waals surface area contributed by atoms with Gasteiger partial charge in [0.25, 0.3) is 0 Å². The molecule has 1 amide bonds. The number of aromatic nitrogens is 3. The molecule has 0 unspecified atom stereocenters. The summed E-state index contributed by atoms with van der Waals surface area (Å²) in [5, 5.41) is 6.92. The minimum Gasteiger partial charge on any atom is -0.339 e. The number of carbonyl (C=O) groups is 1. The number of sulfonamides is 1. The van der Waals surface area contributed by atoms with E-state index in [1.165, 1.54) is 22.1 Å². The SMILES string of the molecule is Cc1cccc(NC(=O)C2CCN(S(=O)(=O)c3cc(-c4noc(C5CCC5)n4)sc3C)CC2)n1. The van der Waals surface area contributed by atoms with Crippen molar-refractivity contribution in [3.8, 4) is 10.7 Å². The largest absolute Gasteiger partial charge is 0.339 e. The molecule has 1 aliphatic carbocycles. The average Bonchev–Trinajstić information content (AvgIpc) is 3.40. The molecule has 0 aromatic carbocycles. The van der Waals surface area contributed by atoms with Gasteiger partial charge in [0.2, 0.25) is 27.6 Å². The van der Waals surface area contributed by atoms with Gasteiger partial charge in [-0.15, -0.1) is 11.3 Å². The van der Waals surface area contributed by atoms with Crippen molar-refractivity contribution in [2.24, 2.45) is 5.92 Å². The van der Waals surface area contributed by atoms with E-state index in [2.05, 4.69) is 20.4 Å². The summed E-state index contributed by atoms with van der Waals surface area (Å²) in [6.07, 6.45) is 4.20. The summed E-state index contributed by atoms with van der Waals surface area (Å²) in [4.78, 5) is 23.1. The fourth-order valence-electron chi connectivity index (χ4n) is 4.33. The number of aryl methyl sites for hydroxylation is 2. The maximum atomic E-state index is 13.4. The van der Waals surface area contributed by atoms with Gasteiger partial charge in [-0.25, -0.2) is 13.4 Å². The first-order valence-corrected chi connectivity index (χ1v) is 13.8. The van der Waals surface area contributed by atoms with Crippen LogP contribution >= 0.6 is 11.3 Å². The molecule has 2 fully saturated rings. The third kappa shape index (κ3) is 4.51. The van der Waals surface area contributed by atoms with Crippen LogP contribution in [0.5, 0.6) is 0 Å². The fourth-order valence-corrected chi connectivity index (χ4v) is 7.28. The molecule has 1 N–H and O–H groups in total. The molecular weight excluding hydrogens is 474 g/mol. The van der Waals surface area contributed by atoms with Crippen molar-refractivity contribution in [3.63, 3.8) is 0 Å². The zero-order chi connectivity index (χ0) is 23.9. The topological polar surface area (TPSA) is 118 Å².